The lowest BCUT2D eigenvalue weighted by molar-refractivity contribution is 0.0935. The molecule has 0 unspecified atom stereocenters. The third kappa shape index (κ3) is 2.65. The van der Waals surface area contributed by atoms with Crippen LogP contribution in [0.3, 0.4) is 0 Å². The van der Waals surface area contributed by atoms with E-state index in [0.717, 1.165) is 33.5 Å². The summed E-state index contributed by atoms with van der Waals surface area (Å²) < 4.78 is 7.53. The van der Waals surface area contributed by atoms with Crippen molar-refractivity contribution in [3.8, 4) is 0 Å². The molecular formula is C19H18N4O2. The molecule has 4 aromatic rings. The molecule has 25 heavy (non-hydrogen) atoms. The maximum Gasteiger partial charge on any atom is 0.253 e. The summed E-state index contributed by atoms with van der Waals surface area (Å²) in [7, 11) is 1.84. The number of furan rings is 1. The van der Waals surface area contributed by atoms with Gasteiger partial charge in [0.2, 0.25) is 0 Å². The normalized spacial score (nSPS) is 12.6. The van der Waals surface area contributed by atoms with E-state index in [1.54, 1.807) is 10.9 Å². The Balaban J connectivity index is 1.59. The van der Waals surface area contributed by atoms with Gasteiger partial charge in [0.15, 0.2) is 5.65 Å². The number of carbonyl (C=O) groups excluding carboxylic acids is 1. The molecule has 6 heteroatoms. The molecule has 126 valence electrons. The van der Waals surface area contributed by atoms with Gasteiger partial charge in [-0.05, 0) is 32.0 Å². The predicted octanol–water partition coefficient (Wildman–Crippen LogP) is 3.51. The van der Waals surface area contributed by atoms with Crippen molar-refractivity contribution in [1.29, 1.82) is 0 Å². The minimum Gasteiger partial charge on any atom is -0.459 e. The van der Waals surface area contributed by atoms with Crippen LogP contribution in [-0.2, 0) is 7.05 Å². The van der Waals surface area contributed by atoms with E-state index in [2.05, 4.69) is 15.4 Å². The third-order valence-electron chi connectivity index (χ3n) is 4.34. The second-order valence-electron chi connectivity index (χ2n) is 6.19. The van der Waals surface area contributed by atoms with Crippen molar-refractivity contribution < 1.29 is 9.21 Å². The Labute approximate surface area is 144 Å². The van der Waals surface area contributed by atoms with Gasteiger partial charge >= 0.3 is 0 Å². The summed E-state index contributed by atoms with van der Waals surface area (Å²) >= 11 is 0. The first kappa shape index (κ1) is 15.4. The highest BCUT2D eigenvalue weighted by Gasteiger charge is 2.17. The maximum atomic E-state index is 12.6. The molecule has 0 aliphatic rings. The highest BCUT2D eigenvalue weighted by Crippen LogP contribution is 2.24. The fourth-order valence-corrected chi connectivity index (χ4v) is 3.00. The minimum atomic E-state index is -0.245. The van der Waals surface area contributed by atoms with Crippen molar-refractivity contribution in [2.45, 2.75) is 19.9 Å². The molecule has 3 aromatic heterocycles. The van der Waals surface area contributed by atoms with Crippen molar-refractivity contribution in [2.24, 2.45) is 7.05 Å². The second-order valence-corrected chi connectivity index (χ2v) is 6.19. The second kappa shape index (κ2) is 5.73. The van der Waals surface area contributed by atoms with Crippen molar-refractivity contribution >= 4 is 27.9 Å². The zero-order valence-electron chi connectivity index (χ0n) is 14.3. The molecule has 0 aliphatic heterocycles. The molecule has 6 nitrogen and oxygen atoms in total. The Morgan fingerprint density at radius 1 is 1.28 bits per heavy atom. The van der Waals surface area contributed by atoms with Crippen LogP contribution < -0.4 is 5.32 Å². The molecule has 0 aliphatic carbocycles. The highest BCUT2D eigenvalue weighted by molar-refractivity contribution is 5.97. The molecule has 0 radical (unpaired) electrons. The number of fused-ring (bicyclic) bond motifs is 2. The molecule has 0 bridgehead atoms. The summed E-state index contributed by atoms with van der Waals surface area (Å²) in [5.74, 6) is 0.534. The number of hydrogen-bond donors (Lipinski definition) is 1. The number of hydrogen-bond acceptors (Lipinski definition) is 4. The number of amides is 1. The number of nitrogens with zero attached hydrogens (tertiary/aromatic N) is 3. The lowest BCUT2D eigenvalue weighted by Crippen LogP contribution is -2.26. The Bertz CT molecular complexity index is 1060. The van der Waals surface area contributed by atoms with Gasteiger partial charge in [-0.2, -0.15) is 5.10 Å². The van der Waals surface area contributed by atoms with Gasteiger partial charge in [-0.25, -0.2) is 4.98 Å². The molecule has 1 N–H and O–H groups in total. The Kier molecular flexibility index (Phi) is 3.53. The molecule has 1 amide bonds. The van der Waals surface area contributed by atoms with Crippen LogP contribution in [0, 0.1) is 6.92 Å². The standard InChI is InChI=1S/C19H18N4O2/c1-11-15-8-14(10-20-18(15)23(3)22-11)19(24)21-12(2)17-9-13-6-4-5-7-16(13)25-17/h4-10,12H,1-3H3,(H,21,24)/t12-/m1/s1. The van der Waals surface area contributed by atoms with E-state index in [4.69, 9.17) is 4.42 Å². The monoisotopic (exact) mass is 334 g/mol. The van der Waals surface area contributed by atoms with Crippen LogP contribution in [0.1, 0.15) is 34.8 Å². The minimum absolute atomic E-state index is 0.189. The smallest absolute Gasteiger partial charge is 0.253 e. The average Bonchev–Trinajstić information content (AvgIpc) is 3.16. The zero-order chi connectivity index (χ0) is 17.6. The Morgan fingerprint density at radius 3 is 2.88 bits per heavy atom. The van der Waals surface area contributed by atoms with Gasteiger partial charge in [-0.1, -0.05) is 18.2 Å². The zero-order valence-corrected chi connectivity index (χ0v) is 14.3. The summed E-state index contributed by atoms with van der Waals surface area (Å²) in [6.45, 7) is 3.81. The number of benzene rings is 1. The quantitative estimate of drug-likeness (QED) is 0.622. The summed E-state index contributed by atoms with van der Waals surface area (Å²) in [4.78, 5) is 16.9. The SMILES string of the molecule is Cc1nn(C)c2ncc(C(=O)N[C@H](C)c3cc4ccccc4o3)cc12. The van der Waals surface area contributed by atoms with E-state index in [0.29, 0.717) is 5.56 Å². The van der Waals surface area contributed by atoms with Crippen molar-refractivity contribution in [3.63, 3.8) is 0 Å². The van der Waals surface area contributed by atoms with E-state index in [-0.39, 0.29) is 11.9 Å². The molecule has 0 fully saturated rings. The van der Waals surface area contributed by atoms with E-state index in [9.17, 15) is 4.79 Å². The van der Waals surface area contributed by atoms with E-state index < -0.39 is 0 Å². The fraction of sp³-hybridized carbons (Fsp3) is 0.211. The number of aromatic nitrogens is 3. The number of carbonyl (C=O) groups is 1. The summed E-state index contributed by atoms with van der Waals surface area (Å²) in [6, 6.07) is 11.3. The molecular weight excluding hydrogens is 316 g/mol. The van der Waals surface area contributed by atoms with Gasteiger partial charge in [-0.15, -0.1) is 0 Å². The first-order valence-corrected chi connectivity index (χ1v) is 8.11. The van der Waals surface area contributed by atoms with Gasteiger partial charge in [0.25, 0.3) is 5.91 Å². The van der Waals surface area contributed by atoms with Crippen LogP contribution in [0.5, 0.6) is 0 Å². The summed E-state index contributed by atoms with van der Waals surface area (Å²) in [5.41, 5.74) is 2.93. The topological polar surface area (TPSA) is 73.0 Å². The van der Waals surface area contributed by atoms with E-state index in [1.165, 1.54) is 0 Å². The number of rotatable bonds is 3. The average molecular weight is 334 g/mol. The summed E-state index contributed by atoms with van der Waals surface area (Å²) in [5, 5.41) is 9.20. The number of aryl methyl sites for hydroxylation is 2. The molecule has 1 aromatic carbocycles. The molecule has 4 rings (SSSR count). The van der Waals surface area contributed by atoms with Crippen molar-refractivity contribution in [3.05, 3.63) is 59.6 Å². The van der Waals surface area contributed by atoms with Gasteiger partial charge in [-0.3, -0.25) is 9.48 Å². The molecule has 0 saturated carbocycles. The maximum absolute atomic E-state index is 12.6. The van der Waals surface area contributed by atoms with Gasteiger partial charge in [0, 0.05) is 24.0 Å². The third-order valence-corrected chi connectivity index (χ3v) is 4.34. The van der Waals surface area contributed by atoms with Crippen LogP contribution in [0.15, 0.2) is 47.0 Å². The molecule has 0 spiro atoms. The van der Waals surface area contributed by atoms with Gasteiger partial charge in [0.1, 0.15) is 11.3 Å². The van der Waals surface area contributed by atoms with Crippen LogP contribution >= 0.6 is 0 Å². The highest BCUT2D eigenvalue weighted by atomic mass is 16.3. The molecule has 3 heterocycles. The molecule has 1 atom stereocenters. The van der Waals surface area contributed by atoms with Crippen LogP contribution in [0.4, 0.5) is 0 Å². The number of para-hydroxylation sites is 1. The number of nitrogens with one attached hydrogen (secondary N) is 1. The van der Waals surface area contributed by atoms with Crippen LogP contribution in [-0.4, -0.2) is 20.7 Å². The lowest BCUT2D eigenvalue weighted by Gasteiger charge is -2.11. The van der Waals surface area contributed by atoms with Crippen LogP contribution in [0.25, 0.3) is 22.0 Å². The van der Waals surface area contributed by atoms with E-state index >= 15 is 0 Å². The van der Waals surface area contributed by atoms with Crippen molar-refractivity contribution in [2.75, 3.05) is 0 Å². The first-order chi connectivity index (χ1) is 12.0. The van der Waals surface area contributed by atoms with Gasteiger partial charge in [0.05, 0.1) is 17.3 Å². The Hall–Kier alpha value is -3.15. The van der Waals surface area contributed by atoms with E-state index in [1.807, 2.05) is 57.3 Å². The van der Waals surface area contributed by atoms with Gasteiger partial charge < -0.3 is 9.73 Å². The Morgan fingerprint density at radius 2 is 2.08 bits per heavy atom. The number of pyridine rings is 1. The fourth-order valence-electron chi connectivity index (χ4n) is 3.00. The largest absolute Gasteiger partial charge is 0.459 e. The predicted molar refractivity (Wildman–Crippen MR) is 95.3 cm³/mol. The summed E-state index contributed by atoms with van der Waals surface area (Å²) in [6.07, 6.45) is 1.57. The van der Waals surface area contributed by atoms with Crippen LogP contribution in [0.2, 0.25) is 0 Å². The lowest BCUT2D eigenvalue weighted by atomic mass is 10.1. The molecule has 0 saturated heterocycles. The first-order valence-electron chi connectivity index (χ1n) is 8.11. The van der Waals surface area contributed by atoms with Crippen molar-refractivity contribution in [1.82, 2.24) is 20.1 Å².